The van der Waals surface area contributed by atoms with Crippen molar-refractivity contribution in [2.45, 2.75) is 25.4 Å². The Labute approximate surface area is 246 Å². The Morgan fingerprint density at radius 2 is 1.55 bits per heavy atom. The quantitative estimate of drug-likeness (QED) is 0.212. The van der Waals surface area contributed by atoms with Crippen molar-refractivity contribution in [3.8, 4) is 17.2 Å². The fourth-order valence-electron chi connectivity index (χ4n) is 5.51. The number of pyridine rings is 1. The van der Waals surface area contributed by atoms with Gasteiger partial charge < -0.3 is 29.2 Å². The van der Waals surface area contributed by atoms with Crippen molar-refractivity contribution >= 4 is 17.3 Å². The van der Waals surface area contributed by atoms with Gasteiger partial charge in [-0.3, -0.25) is 4.98 Å². The summed E-state index contributed by atoms with van der Waals surface area (Å²) in [6.45, 7) is 2.07. The van der Waals surface area contributed by atoms with Gasteiger partial charge in [-0.2, -0.15) is 0 Å². The second kappa shape index (κ2) is 13.1. The third kappa shape index (κ3) is 5.74. The number of hydrogen-bond acceptors (Lipinski definition) is 8. The molecule has 1 aromatic heterocycles. The van der Waals surface area contributed by atoms with Gasteiger partial charge in [-0.05, 0) is 60.5 Å². The molecule has 0 amide bonds. The minimum atomic E-state index is -0.524. The summed E-state index contributed by atoms with van der Waals surface area (Å²) >= 11 is 0. The summed E-state index contributed by atoms with van der Waals surface area (Å²) in [5.74, 6) is 1.24. The van der Waals surface area contributed by atoms with Crippen molar-refractivity contribution in [2.75, 3.05) is 38.2 Å². The molecule has 0 saturated heterocycles. The largest absolute Gasteiger partial charge is 0.493 e. The number of esters is 1. The molecular weight excluding hydrogens is 530 g/mol. The molecule has 2 heterocycles. The Kier molecular flexibility index (Phi) is 8.92. The van der Waals surface area contributed by atoms with Crippen LogP contribution in [0.5, 0.6) is 17.2 Å². The number of anilines is 2. The minimum absolute atomic E-state index is 0.252. The van der Waals surface area contributed by atoms with Crippen molar-refractivity contribution in [1.29, 1.82) is 0 Å². The number of carbonyl (C=O) groups is 1. The minimum Gasteiger partial charge on any atom is -0.493 e. The number of rotatable bonds is 10. The van der Waals surface area contributed by atoms with Gasteiger partial charge in [0.25, 0.3) is 0 Å². The second-order valence-corrected chi connectivity index (χ2v) is 9.71. The van der Waals surface area contributed by atoms with Crippen LogP contribution in [0.2, 0.25) is 0 Å². The normalized spacial score (nSPS) is 16.5. The molecule has 2 atom stereocenters. The van der Waals surface area contributed by atoms with Gasteiger partial charge in [0.2, 0.25) is 5.75 Å². The molecule has 1 N–H and O–H groups in total. The first-order chi connectivity index (χ1) is 20.6. The number of hydrogen-bond donors (Lipinski definition) is 1. The van der Waals surface area contributed by atoms with Gasteiger partial charge in [0.05, 0.1) is 45.6 Å². The van der Waals surface area contributed by atoms with E-state index in [1.165, 1.54) is 0 Å². The summed E-state index contributed by atoms with van der Waals surface area (Å²) < 4.78 is 22.8. The number of para-hydroxylation sites is 2. The molecule has 0 bridgehead atoms. The molecule has 1 aliphatic rings. The smallest absolute Gasteiger partial charge is 0.338 e. The average Bonchev–Trinajstić information content (AvgIpc) is 3.04. The van der Waals surface area contributed by atoms with Gasteiger partial charge in [0.15, 0.2) is 11.5 Å². The summed E-state index contributed by atoms with van der Waals surface area (Å²) in [7, 11) is 4.80. The van der Waals surface area contributed by atoms with Crippen LogP contribution in [-0.4, -0.2) is 38.9 Å². The molecule has 8 nitrogen and oxygen atoms in total. The van der Waals surface area contributed by atoms with E-state index in [1.807, 2.05) is 91.9 Å². The van der Waals surface area contributed by atoms with E-state index in [0.717, 1.165) is 28.2 Å². The Morgan fingerprint density at radius 3 is 2.12 bits per heavy atom. The summed E-state index contributed by atoms with van der Waals surface area (Å²) in [6, 6.07) is 26.9. The average molecular weight is 566 g/mol. The van der Waals surface area contributed by atoms with Crippen molar-refractivity contribution < 1.29 is 23.7 Å². The van der Waals surface area contributed by atoms with E-state index in [1.54, 1.807) is 33.7 Å². The molecule has 0 fully saturated rings. The fraction of sp³-hybridized carbons (Fsp3) is 0.235. The van der Waals surface area contributed by atoms with Crippen LogP contribution in [0.15, 0.2) is 109 Å². The van der Waals surface area contributed by atoms with Crippen LogP contribution in [-0.2, 0) is 9.53 Å². The standard InChI is InChI=1S/C34H35N3O5/c1-5-42-34(38)31-27(36-25-14-8-6-9-15-25)21-28(24-19-29(39-2)33(41-4)30(20-24)40-3)37(26-16-10-7-11-17-26)32(31)23-13-12-18-35-22-23/h6-20,22,28,32,36H,5,21H2,1-4H3. The number of benzene rings is 3. The van der Waals surface area contributed by atoms with Crippen LogP contribution in [0.3, 0.4) is 0 Å². The highest BCUT2D eigenvalue weighted by atomic mass is 16.5. The summed E-state index contributed by atoms with van der Waals surface area (Å²) in [4.78, 5) is 20.5. The van der Waals surface area contributed by atoms with E-state index in [4.69, 9.17) is 18.9 Å². The molecule has 216 valence electrons. The van der Waals surface area contributed by atoms with Gasteiger partial charge in [-0.15, -0.1) is 0 Å². The van der Waals surface area contributed by atoms with Crippen molar-refractivity contribution in [3.05, 3.63) is 120 Å². The number of methoxy groups -OCH3 is 3. The Bertz CT molecular complexity index is 1500. The first kappa shape index (κ1) is 28.5. The summed E-state index contributed by atoms with van der Waals surface area (Å²) in [6.07, 6.45) is 4.00. The zero-order valence-electron chi connectivity index (χ0n) is 24.2. The first-order valence-electron chi connectivity index (χ1n) is 13.8. The molecule has 3 aromatic carbocycles. The van der Waals surface area contributed by atoms with Crippen LogP contribution in [0.1, 0.15) is 36.6 Å². The van der Waals surface area contributed by atoms with E-state index < -0.39 is 6.04 Å². The highest BCUT2D eigenvalue weighted by Gasteiger charge is 2.42. The molecule has 4 aromatic rings. The Balaban J connectivity index is 1.80. The molecule has 0 radical (unpaired) electrons. The number of nitrogens with zero attached hydrogens (tertiary/aromatic N) is 2. The van der Waals surface area contributed by atoms with E-state index >= 15 is 0 Å². The predicted octanol–water partition coefficient (Wildman–Crippen LogP) is 6.73. The summed E-state index contributed by atoms with van der Waals surface area (Å²) in [5, 5.41) is 3.57. The molecule has 0 aliphatic carbocycles. The molecule has 42 heavy (non-hydrogen) atoms. The van der Waals surface area contributed by atoms with Crippen molar-refractivity contribution in [1.82, 2.24) is 4.98 Å². The van der Waals surface area contributed by atoms with E-state index in [0.29, 0.717) is 29.2 Å². The van der Waals surface area contributed by atoms with E-state index in [-0.39, 0.29) is 18.6 Å². The Morgan fingerprint density at radius 1 is 0.881 bits per heavy atom. The lowest BCUT2D eigenvalue weighted by atomic mass is 9.84. The van der Waals surface area contributed by atoms with Crippen LogP contribution in [0, 0.1) is 0 Å². The first-order valence-corrected chi connectivity index (χ1v) is 13.8. The third-order valence-corrected chi connectivity index (χ3v) is 7.30. The van der Waals surface area contributed by atoms with Crippen LogP contribution >= 0.6 is 0 Å². The molecule has 8 heteroatoms. The van der Waals surface area contributed by atoms with E-state index in [2.05, 4.69) is 15.2 Å². The molecular formula is C34H35N3O5. The topological polar surface area (TPSA) is 82.2 Å². The number of carbonyl (C=O) groups excluding carboxylic acids is 1. The number of ether oxygens (including phenoxy) is 4. The molecule has 0 spiro atoms. The Hall–Kier alpha value is -4.98. The maximum Gasteiger partial charge on any atom is 0.338 e. The van der Waals surface area contributed by atoms with Gasteiger partial charge in [0.1, 0.15) is 0 Å². The van der Waals surface area contributed by atoms with Crippen LogP contribution < -0.4 is 24.4 Å². The highest BCUT2D eigenvalue weighted by molar-refractivity contribution is 5.93. The molecule has 0 saturated carbocycles. The van der Waals surface area contributed by atoms with Gasteiger partial charge in [-0.1, -0.05) is 42.5 Å². The predicted molar refractivity (Wildman–Crippen MR) is 163 cm³/mol. The van der Waals surface area contributed by atoms with Crippen LogP contribution in [0.4, 0.5) is 11.4 Å². The third-order valence-electron chi connectivity index (χ3n) is 7.30. The fourth-order valence-corrected chi connectivity index (χ4v) is 5.51. The van der Waals surface area contributed by atoms with Gasteiger partial charge in [0, 0.05) is 35.9 Å². The molecule has 2 unspecified atom stereocenters. The number of aromatic nitrogens is 1. The lowest BCUT2D eigenvalue weighted by molar-refractivity contribution is -0.139. The van der Waals surface area contributed by atoms with E-state index in [9.17, 15) is 4.79 Å². The van der Waals surface area contributed by atoms with Crippen molar-refractivity contribution in [2.24, 2.45) is 0 Å². The monoisotopic (exact) mass is 565 g/mol. The van der Waals surface area contributed by atoms with Crippen LogP contribution in [0.25, 0.3) is 0 Å². The van der Waals surface area contributed by atoms with Gasteiger partial charge >= 0.3 is 5.97 Å². The van der Waals surface area contributed by atoms with Gasteiger partial charge in [-0.25, -0.2) is 4.79 Å². The lowest BCUT2D eigenvalue weighted by Crippen LogP contribution is -2.41. The zero-order valence-corrected chi connectivity index (χ0v) is 24.2. The SMILES string of the molecule is CCOC(=O)C1=C(Nc2ccccc2)CC(c2cc(OC)c(OC)c(OC)c2)N(c2ccccc2)C1c1cccnc1. The molecule has 5 rings (SSSR count). The highest BCUT2D eigenvalue weighted by Crippen LogP contribution is 2.50. The maximum atomic E-state index is 13.9. The zero-order chi connectivity index (χ0) is 29.5. The van der Waals surface area contributed by atoms with Crippen molar-refractivity contribution in [3.63, 3.8) is 0 Å². The second-order valence-electron chi connectivity index (χ2n) is 9.71. The maximum absolute atomic E-state index is 13.9. The lowest BCUT2D eigenvalue weighted by Gasteiger charge is -2.45. The number of nitrogens with one attached hydrogen (secondary N) is 1. The molecule has 1 aliphatic heterocycles. The summed E-state index contributed by atoms with van der Waals surface area (Å²) in [5.41, 5.74) is 4.88.